The monoisotopic (exact) mass is 568 g/mol. The van der Waals surface area contributed by atoms with Crippen molar-refractivity contribution in [2.45, 2.75) is 104 Å². The summed E-state index contributed by atoms with van der Waals surface area (Å²) in [6, 6.07) is 37.9. The highest BCUT2D eigenvalue weighted by Gasteiger charge is 2.46. The van der Waals surface area contributed by atoms with Crippen molar-refractivity contribution < 1.29 is 0 Å². The molecule has 4 aromatic rings. The van der Waals surface area contributed by atoms with Gasteiger partial charge in [-0.25, -0.2) is 0 Å². The number of hydrogen-bond donors (Lipinski definition) is 0. The van der Waals surface area contributed by atoms with E-state index in [2.05, 4.69) is 139 Å². The molecule has 4 aromatic carbocycles. The summed E-state index contributed by atoms with van der Waals surface area (Å²) in [5.41, 5.74) is 11.9. The SMILES string of the molecule is Cc1ccc(C2CCC(C(C)(C)C3CCC(c4ccc(C)cc4)C(c4ccc(C)cc4)C3)CC2c2ccc(C)cc2)cc1. The van der Waals surface area contributed by atoms with E-state index in [4.69, 9.17) is 0 Å². The zero-order chi connectivity index (χ0) is 30.1. The van der Waals surface area contributed by atoms with E-state index in [-0.39, 0.29) is 0 Å². The van der Waals surface area contributed by atoms with Gasteiger partial charge in [0.25, 0.3) is 0 Å². The van der Waals surface area contributed by atoms with Gasteiger partial charge in [-0.15, -0.1) is 0 Å². The van der Waals surface area contributed by atoms with Gasteiger partial charge in [0.05, 0.1) is 0 Å². The molecule has 0 nitrogen and oxygen atoms in total. The first-order valence-corrected chi connectivity index (χ1v) is 17.0. The molecule has 0 heterocycles. The molecule has 0 N–H and O–H groups in total. The van der Waals surface area contributed by atoms with Crippen LogP contribution in [0.3, 0.4) is 0 Å². The van der Waals surface area contributed by atoms with Crippen LogP contribution >= 0.6 is 0 Å². The molecule has 0 amide bonds. The van der Waals surface area contributed by atoms with Gasteiger partial charge in [-0.3, -0.25) is 0 Å². The molecule has 0 saturated heterocycles. The van der Waals surface area contributed by atoms with Gasteiger partial charge in [-0.1, -0.05) is 133 Å². The van der Waals surface area contributed by atoms with Gasteiger partial charge in [-0.05, 0) is 129 Å². The third-order valence-corrected chi connectivity index (χ3v) is 11.8. The Morgan fingerprint density at radius 3 is 0.907 bits per heavy atom. The van der Waals surface area contributed by atoms with E-state index in [9.17, 15) is 0 Å². The first kappa shape index (κ1) is 29.9. The number of benzene rings is 4. The van der Waals surface area contributed by atoms with Gasteiger partial charge in [0, 0.05) is 0 Å². The first-order valence-electron chi connectivity index (χ1n) is 17.0. The van der Waals surface area contributed by atoms with Gasteiger partial charge in [-0.2, -0.15) is 0 Å². The second-order valence-electron chi connectivity index (χ2n) is 14.9. The summed E-state index contributed by atoms with van der Waals surface area (Å²) in [7, 11) is 0. The molecule has 6 unspecified atom stereocenters. The first-order chi connectivity index (χ1) is 20.7. The molecule has 2 fully saturated rings. The molecule has 2 aliphatic carbocycles. The summed E-state index contributed by atoms with van der Waals surface area (Å²) >= 11 is 0. The van der Waals surface area contributed by atoms with Crippen LogP contribution in [0.2, 0.25) is 0 Å². The maximum Gasteiger partial charge on any atom is -0.00902 e. The molecule has 224 valence electrons. The predicted molar refractivity (Wildman–Crippen MR) is 184 cm³/mol. The van der Waals surface area contributed by atoms with E-state index in [0.717, 1.165) is 11.8 Å². The average molecular weight is 569 g/mol. The van der Waals surface area contributed by atoms with Crippen molar-refractivity contribution in [3.63, 3.8) is 0 Å². The zero-order valence-corrected chi connectivity index (χ0v) is 27.4. The number of aryl methyl sites for hydroxylation is 4. The van der Waals surface area contributed by atoms with Gasteiger partial charge < -0.3 is 0 Å². The molecular formula is C43H52. The predicted octanol–water partition coefficient (Wildman–Crippen LogP) is 12.0. The lowest BCUT2D eigenvalue weighted by molar-refractivity contribution is 0.0392. The van der Waals surface area contributed by atoms with Crippen LogP contribution in [0.5, 0.6) is 0 Å². The molecule has 2 saturated carbocycles. The topological polar surface area (TPSA) is 0 Å². The van der Waals surface area contributed by atoms with Crippen molar-refractivity contribution in [2.24, 2.45) is 17.3 Å². The minimum atomic E-state index is 0.308. The third kappa shape index (κ3) is 6.40. The maximum atomic E-state index is 2.64. The number of hydrogen-bond acceptors (Lipinski definition) is 0. The molecule has 0 bridgehead atoms. The van der Waals surface area contributed by atoms with Crippen LogP contribution in [-0.2, 0) is 0 Å². The fourth-order valence-electron chi connectivity index (χ4n) is 8.82. The fraction of sp³-hybridized carbons (Fsp3) is 0.442. The molecule has 0 spiro atoms. The largest absolute Gasteiger partial charge is 0.0594 e. The van der Waals surface area contributed by atoms with Gasteiger partial charge in [0.15, 0.2) is 0 Å². The Bertz CT molecular complexity index is 1360. The highest BCUT2D eigenvalue weighted by molar-refractivity contribution is 5.35. The standard InChI is InChI=1S/C43H52/c1-29-7-15-33(16-8-29)39-25-23-37(27-41(39)35-19-11-31(3)12-20-35)43(5,6)38-24-26-40(34-17-9-30(2)10-18-34)42(28-38)36-21-13-32(4)14-22-36/h7-22,37-42H,23-28H2,1-6H3. The molecule has 6 rings (SSSR count). The van der Waals surface area contributed by atoms with E-state index in [1.54, 1.807) is 0 Å². The second-order valence-corrected chi connectivity index (χ2v) is 14.9. The molecule has 0 aliphatic heterocycles. The Kier molecular flexibility index (Phi) is 8.68. The Hall–Kier alpha value is -3.12. The van der Waals surface area contributed by atoms with Crippen molar-refractivity contribution >= 4 is 0 Å². The normalized spacial score (nSPS) is 26.3. The average Bonchev–Trinajstić information content (AvgIpc) is 3.02. The molecule has 2 aliphatic rings. The second kappa shape index (κ2) is 12.5. The zero-order valence-electron chi connectivity index (χ0n) is 27.4. The van der Waals surface area contributed by atoms with Crippen LogP contribution < -0.4 is 0 Å². The van der Waals surface area contributed by atoms with E-state index < -0.39 is 0 Å². The Balaban J connectivity index is 1.28. The lowest BCUT2D eigenvalue weighted by Crippen LogP contribution is -2.40. The Labute approximate surface area is 262 Å². The van der Waals surface area contributed by atoms with E-state index >= 15 is 0 Å². The molecule has 0 radical (unpaired) electrons. The van der Waals surface area contributed by atoms with Crippen molar-refractivity contribution in [1.82, 2.24) is 0 Å². The quantitative estimate of drug-likeness (QED) is 0.217. The van der Waals surface area contributed by atoms with E-state index in [1.807, 2.05) is 0 Å². The van der Waals surface area contributed by atoms with Gasteiger partial charge in [0.1, 0.15) is 0 Å². The lowest BCUT2D eigenvalue weighted by Gasteiger charge is -2.50. The van der Waals surface area contributed by atoms with Crippen LogP contribution in [-0.4, -0.2) is 0 Å². The Morgan fingerprint density at radius 2 is 0.628 bits per heavy atom. The van der Waals surface area contributed by atoms with Crippen molar-refractivity contribution in [3.05, 3.63) is 142 Å². The summed E-state index contributed by atoms with van der Waals surface area (Å²) in [5.74, 6) is 3.84. The van der Waals surface area contributed by atoms with Crippen molar-refractivity contribution in [2.75, 3.05) is 0 Å². The highest BCUT2D eigenvalue weighted by atomic mass is 14.5. The number of rotatable bonds is 6. The minimum Gasteiger partial charge on any atom is -0.0594 e. The minimum absolute atomic E-state index is 0.308. The van der Waals surface area contributed by atoms with Crippen LogP contribution in [0.15, 0.2) is 97.1 Å². The third-order valence-electron chi connectivity index (χ3n) is 11.8. The molecule has 43 heavy (non-hydrogen) atoms. The summed E-state index contributed by atoms with van der Waals surface area (Å²) in [5, 5.41) is 0. The van der Waals surface area contributed by atoms with Crippen molar-refractivity contribution in [1.29, 1.82) is 0 Å². The molecule has 0 heteroatoms. The fourth-order valence-corrected chi connectivity index (χ4v) is 8.82. The lowest BCUT2D eigenvalue weighted by atomic mass is 9.54. The van der Waals surface area contributed by atoms with Crippen LogP contribution in [0.4, 0.5) is 0 Å². The summed E-state index contributed by atoms with van der Waals surface area (Å²) in [6.07, 6.45) is 7.83. The van der Waals surface area contributed by atoms with Gasteiger partial charge >= 0.3 is 0 Å². The Morgan fingerprint density at radius 1 is 0.372 bits per heavy atom. The van der Waals surface area contributed by atoms with Crippen LogP contribution in [0.1, 0.15) is 121 Å². The highest BCUT2D eigenvalue weighted by Crippen LogP contribution is 2.58. The molecular weight excluding hydrogens is 516 g/mol. The summed E-state index contributed by atoms with van der Waals surface area (Å²) < 4.78 is 0. The summed E-state index contributed by atoms with van der Waals surface area (Å²) in [6.45, 7) is 14.1. The van der Waals surface area contributed by atoms with Crippen molar-refractivity contribution in [3.8, 4) is 0 Å². The molecule has 0 aromatic heterocycles. The van der Waals surface area contributed by atoms with E-state index in [0.29, 0.717) is 29.1 Å². The van der Waals surface area contributed by atoms with Crippen LogP contribution in [0.25, 0.3) is 0 Å². The van der Waals surface area contributed by atoms with Crippen LogP contribution in [0, 0.1) is 44.9 Å². The van der Waals surface area contributed by atoms with Gasteiger partial charge in [0.2, 0.25) is 0 Å². The summed E-state index contributed by atoms with van der Waals surface area (Å²) in [4.78, 5) is 0. The smallest absolute Gasteiger partial charge is 0.00902 e. The maximum absolute atomic E-state index is 2.64. The van der Waals surface area contributed by atoms with E-state index in [1.165, 1.54) is 83.0 Å². The molecule has 6 atom stereocenters.